The molecule has 0 aliphatic heterocycles. The minimum absolute atomic E-state index is 0.000852. The first-order chi connectivity index (χ1) is 11.5. The van der Waals surface area contributed by atoms with Crippen LogP contribution in [0.15, 0.2) is 35.7 Å². The van der Waals surface area contributed by atoms with E-state index < -0.39 is 0 Å². The lowest BCUT2D eigenvalue weighted by molar-refractivity contribution is -0.120. The second-order valence-electron chi connectivity index (χ2n) is 5.85. The maximum Gasteiger partial charge on any atom is 0.233 e. The first-order valence-electron chi connectivity index (χ1n) is 8.04. The van der Waals surface area contributed by atoms with Crippen LogP contribution in [0.2, 0.25) is 0 Å². The van der Waals surface area contributed by atoms with Crippen LogP contribution in [0.25, 0.3) is 0 Å². The molecule has 7 heteroatoms. The van der Waals surface area contributed by atoms with Gasteiger partial charge in [0.05, 0.1) is 5.25 Å². The predicted octanol–water partition coefficient (Wildman–Crippen LogP) is 2.06. The number of nitrogens with one attached hydrogen (secondary N) is 1. The zero-order valence-electron chi connectivity index (χ0n) is 14.7. The van der Waals surface area contributed by atoms with Gasteiger partial charge in [-0.3, -0.25) is 4.79 Å². The molecule has 0 radical (unpaired) electrons. The van der Waals surface area contributed by atoms with E-state index >= 15 is 0 Å². The highest BCUT2D eigenvalue weighted by Crippen LogP contribution is 2.20. The molecule has 1 aromatic carbocycles. The average Bonchev–Trinajstić information content (AvgIpc) is 2.97. The van der Waals surface area contributed by atoms with E-state index in [2.05, 4.69) is 46.5 Å². The Morgan fingerprint density at radius 2 is 2.17 bits per heavy atom. The first-order valence-corrected chi connectivity index (χ1v) is 8.92. The zero-order chi connectivity index (χ0) is 17.5. The number of hydrogen-bond acceptors (Lipinski definition) is 5. The number of carbonyl (C=O) groups excluding carboxylic acids is 1. The third kappa shape index (κ3) is 5.35. The molecule has 6 nitrogen and oxygen atoms in total. The highest BCUT2D eigenvalue weighted by atomic mass is 32.2. The van der Waals surface area contributed by atoms with Crippen LogP contribution in [0, 0.1) is 0 Å². The normalized spacial score (nSPS) is 12.4. The lowest BCUT2D eigenvalue weighted by atomic mass is 10.1. The number of aromatic nitrogens is 3. The van der Waals surface area contributed by atoms with Crippen molar-refractivity contribution in [2.45, 2.75) is 37.3 Å². The van der Waals surface area contributed by atoms with Crippen molar-refractivity contribution in [3.05, 3.63) is 41.7 Å². The number of aryl methyl sites for hydroxylation is 1. The number of nitrogens with zero attached hydrogens (tertiary/aromatic N) is 4. The third-order valence-corrected chi connectivity index (χ3v) is 4.92. The Bertz CT molecular complexity index is 673. The molecule has 0 fully saturated rings. The molecule has 0 unspecified atom stereocenters. The van der Waals surface area contributed by atoms with E-state index in [1.54, 1.807) is 6.33 Å². The lowest BCUT2D eigenvalue weighted by Gasteiger charge is -2.15. The molecule has 130 valence electrons. The Hall–Kier alpha value is -1.86. The van der Waals surface area contributed by atoms with Gasteiger partial charge in [-0.1, -0.05) is 43.0 Å². The molecule has 0 aliphatic rings. The number of rotatable bonds is 8. The quantitative estimate of drug-likeness (QED) is 0.741. The van der Waals surface area contributed by atoms with Gasteiger partial charge in [-0.05, 0) is 31.6 Å². The summed E-state index contributed by atoms with van der Waals surface area (Å²) in [6.07, 6.45) is 1.63. The van der Waals surface area contributed by atoms with E-state index in [1.165, 1.54) is 17.3 Å². The second kappa shape index (κ2) is 8.84. The molecule has 1 atom stereocenters. The largest absolute Gasteiger partial charge is 0.351 e. The lowest BCUT2D eigenvalue weighted by Crippen LogP contribution is -2.30. The van der Waals surface area contributed by atoms with E-state index in [1.807, 2.05) is 30.7 Å². The van der Waals surface area contributed by atoms with E-state index in [0.717, 1.165) is 23.8 Å². The number of amides is 1. The number of hydrogen-bond donors (Lipinski definition) is 1. The molecule has 1 aromatic heterocycles. The van der Waals surface area contributed by atoms with E-state index in [-0.39, 0.29) is 11.2 Å². The molecule has 24 heavy (non-hydrogen) atoms. The van der Waals surface area contributed by atoms with Crippen molar-refractivity contribution < 1.29 is 4.79 Å². The summed E-state index contributed by atoms with van der Waals surface area (Å²) in [5.74, 6) is -0.000852. The van der Waals surface area contributed by atoms with Crippen LogP contribution in [-0.4, -0.2) is 44.4 Å². The fraction of sp³-hybridized carbons (Fsp3) is 0.471. The molecule has 0 saturated carbocycles. The summed E-state index contributed by atoms with van der Waals surface area (Å²) in [7, 11) is 3.96. The fourth-order valence-corrected chi connectivity index (χ4v) is 3.00. The van der Waals surface area contributed by atoms with Crippen LogP contribution in [0.1, 0.15) is 25.0 Å². The van der Waals surface area contributed by atoms with Crippen LogP contribution in [0.3, 0.4) is 0 Å². The standard InChI is InChI=1S/C17H25N5OS/c1-5-21(3)11-15-8-6-7-14(9-15)10-18-16(23)13(2)24-17-20-19-12-22(17)4/h6-9,12-13H,5,10-11H2,1-4H3,(H,18,23)/t13-/m0/s1. The van der Waals surface area contributed by atoms with Gasteiger partial charge in [0, 0.05) is 20.1 Å². The smallest absolute Gasteiger partial charge is 0.233 e. The minimum atomic E-state index is -0.220. The summed E-state index contributed by atoms with van der Waals surface area (Å²) >= 11 is 1.41. The molecular formula is C17H25N5OS. The van der Waals surface area contributed by atoms with Gasteiger partial charge in [0.1, 0.15) is 6.33 Å². The van der Waals surface area contributed by atoms with Crippen LogP contribution in [0.4, 0.5) is 0 Å². The molecule has 2 aromatic rings. The van der Waals surface area contributed by atoms with Crippen LogP contribution >= 0.6 is 11.8 Å². The molecule has 0 spiro atoms. The Morgan fingerprint density at radius 1 is 1.42 bits per heavy atom. The molecule has 0 saturated heterocycles. The summed E-state index contributed by atoms with van der Waals surface area (Å²) in [4.78, 5) is 14.5. The van der Waals surface area contributed by atoms with Crippen LogP contribution in [-0.2, 0) is 24.9 Å². The highest BCUT2D eigenvalue weighted by molar-refractivity contribution is 8.00. The topological polar surface area (TPSA) is 63.1 Å². The highest BCUT2D eigenvalue weighted by Gasteiger charge is 2.16. The Balaban J connectivity index is 1.87. The molecular weight excluding hydrogens is 322 g/mol. The van der Waals surface area contributed by atoms with Gasteiger partial charge in [0.25, 0.3) is 0 Å². The molecule has 1 N–H and O–H groups in total. The van der Waals surface area contributed by atoms with Crippen molar-refractivity contribution in [3.63, 3.8) is 0 Å². The van der Waals surface area contributed by atoms with Crippen molar-refractivity contribution in [1.82, 2.24) is 25.0 Å². The first kappa shape index (κ1) is 18.5. The number of thioether (sulfide) groups is 1. The summed E-state index contributed by atoms with van der Waals surface area (Å²) in [6, 6.07) is 8.34. The van der Waals surface area contributed by atoms with E-state index in [9.17, 15) is 4.79 Å². The van der Waals surface area contributed by atoms with Gasteiger partial charge in [0.15, 0.2) is 5.16 Å². The molecule has 0 bridgehead atoms. The van der Waals surface area contributed by atoms with Crippen molar-refractivity contribution in [3.8, 4) is 0 Å². The van der Waals surface area contributed by atoms with Gasteiger partial charge in [-0.15, -0.1) is 10.2 Å². The maximum absolute atomic E-state index is 12.3. The number of carbonyl (C=O) groups is 1. The fourth-order valence-electron chi connectivity index (χ4n) is 2.19. The van der Waals surface area contributed by atoms with Crippen molar-refractivity contribution in [2.75, 3.05) is 13.6 Å². The van der Waals surface area contributed by atoms with Crippen LogP contribution < -0.4 is 5.32 Å². The monoisotopic (exact) mass is 347 g/mol. The summed E-state index contributed by atoms with van der Waals surface area (Å²) in [6.45, 7) is 6.47. The summed E-state index contributed by atoms with van der Waals surface area (Å²) in [5, 5.41) is 11.3. The van der Waals surface area contributed by atoms with E-state index in [4.69, 9.17) is 0 Å². The Kier molecular flexibility index (Phi) is 6.81. The van der Waals surface area contributed by atoms with Crippen LogP contribution in [0.5, 0.6) is 0 Å². The van der Waals surface area contributed by atoms with Gasteiger partial charge in [0.2, 0.25) is 5.91 Å². The molecule has 1 amide bonds. The average molecular weight is 347 g/mol. The molecule has 0 aliphatic carbocycles. The Labute approximate surface area is 147 Å². The minimum Gasteiger partial charge on any atom is -0.351 e. The van der Waals surface area contributed by atoms with Crippen molar-refractivity contribution in [2.24, 2.45) is 7.05 Å². The Morgan fingerprint density at radius 3 is 2.83 bits per heavy atom. The zero-order valence-corrected chi connectivity index (χ0v) is 15.5. The van der Waals surface area contributed by atoms with E-state index in [0.29, 0.717) is 6.54 Å². The SMILES string of the molecule is CCN(C)Cc1cccc(CNC(=O)[C@H](C)Sc2nncn2C)c1. The second-order valence-corrected chi connectivity index (χ2v) is 7.16. The van der Waals surface area contributed by atoms with Crippen molar-refractivity contribution in [1.29, 1.82) is 0 Å². The van der Waals surface area contributed by atoms with Gasteiger partial charge in [-0.25, -0.2) is 0 Å². The van der Waals surface area contributed by atoms with Crippen molar-refractivity contribution >= 4 is 17.7 Å². The van der Waals surface area contributed by atoms with Gasteiger partial charge in [-0.2, -0.15) is 0 Å². The summed E-state index contributed by atoms with van der Waals surface area (Å²) < 4.78 is 1.81. The molecule has 2 rings (SSSR count). The van der Waals surface area contributed by atoms with Gasteiger partial charge >= 0.3 is 0 Å². The predicted molar refractivity (Wildman–Crippen MR) is 96.6 cm³/mol. The number of benzene rings is 1. The summed E-state index contributed by atoms with van der Waals surface area (Å²) in [5.41, 5.74) is 2.37. The maximum atomic E-state index is 12.3. The van der Waals surface area contributed by atoms with Gasteiger partial charge < -0.3 is 14.8 Å². The molecule has 1 heterocycles. The third-order valence-electron chi connectivity index (χ3n) is 3.77.